The van der Waals surface area contributed by atoms with Crippen molar-refractivity contribution < 1.29 is 9.59 Å². The summed E-state index contributed by atoms with van der Waals surface area (Å²) < 4.78 is 0. The van der Waals surface area contributed by atoms with Crippen LogP contribution in [0.15, 0.2) is 23.5 Å². The smallest absolute Gasteiger partial charge is 0.245 e. The van der Waals surface area contributed by atoms with E-state index in [1.807, 2.05) is 13.8 Å². The van der Waals surface area contributed by atoms with Crippen molar-refractivity contribution in [3.05, 3.63) is 23.5 Å². The number of hydrogen-bond acceptors (Lipinski definition) is 4. The summed E-state index contributed by atoms with van der Waals surface area (Å²) in [6, 6.07) is 0.634. The normalized spacial score (nSPS) is 25.6. The van der Waals surface area contributed by atoms with Crippen LogP contribution in [0, 0.1) is 11.8 Å². The van der Waals surface area contributed by atoms with E-state index in [1.165, 1.54) is 32.1 Å². The van der Waals surface area contributed by atoms with Crippen molar-refractivity contribution in [1.29, 1.82) is 0 Å². The van der Waals surface area contributed by atoms with E-state index in [9.17, 15) is 9.59 Å². The van der Waals surface area contributed by atoms with Gasteiger partial charge in [0.25, 0.3) is 0 Å². The third kappa shape index (κ3) is 12.5. The number of hydrogen-bond donors (Lipinski definition) is 4. The van der Waals surface area contributed by atoms with Crippen molar-refractivity contribution >= 4 is 11.8 Å². The Hall–Kier alpha value is -1.98. The molecule has 2 aliphatic rings. The van der Waals surface area contributed by atoms with E-state index in [1.54, 1.807) is 12.2 Å². The Balaban J connectivity index is 1.60. The number of carbonyl (C=O) groups excluding carboxylic acids is 2. The molecule has 0 atom stereocenters. The highest BCUT2D eigenvalue weighted by atomic mass is 16.2. The van der Waals surface area contributed by atoms with E-state index in [0.29, 0.717) is 12.1 Å². The topological polar surface area (TPSA) is 82.3 Å². The summed E-state index contributed by atoms with van der Waals surface area (Å²) in [5, 5.41) is 13.0. The van der Waals surface area contributed by atoms with Crippen molar-refractivity contribution in [3.63, 3.8) is 0 Å². The van der Waals surface area contributed by atoms with E-state index in [4.69, 9.17) is 0 Å². The van der Waals surface area contributed by atoms with Crippen LogP contribution in [-0.4, -0.2) is 37.0 Å². The van der Waals surface area contributed by atoms with Crippen LogP contribution in [0.1, 0.15) is 111 Å². The van der Waals surface area contributed by atoms with Crippen molar-refractivity contribution in [2.45, 2.75) is 123 Å². The lowest BCUT2D eigenvalue weighted by Gasteiger charge is -2.34. The van der Waals surface area contributed by atoms with Gasteiger partial charge in [-0.25, -0.2) is 0 Å². The summed E-state index contributed by atoms with van der Waals surface area (Å²) in [4.78, 5) is 24.6. The fourth-order valence-corrected chi connectivity index (χ4v) is 5.46. The van der Waals surface area contributed by atoms with Crippen LogP contribution in [0.2, 0.25) is 0 Å². The predicted molar refractivity (Wildman–Crippen MR) is 146 cm³/mol. The van der Waals surface area contributed by atoms with E-state index in [-0.39, 0.29) is 11.8 Å². The van der Waals surface area contributed by atoms with Crippen LogP contribution < -0.4 is 21.3 Å². The largest absolute Gasteiger partial charge is 0.388 e. The fourth-order valence-electron chi connectivity index (χ4n) is 5.46. The molecule has 0 aromatic rings. The van der Waals surface area contributed by atoms with Gasteiger partial charge in [-0.15, -0.1) is 0 Å². The molecule has 6 nitrogen and oxygen atoms in total. The lowest BCUT2D eigenvalue weighted by molar-refractivity contribution is -0.118. The molecule has 4 N–H and O–H groups in total. The second-order valence-electron chi connectivity index (χ2n) is 10.9. The molecule has 0 bridgehead atoms. The summed E-state index contributed by atoms with van der Waals surface area (Å²) in [6.45, 7) is 10.1. The molecule has 6 heteroatoms. The average molecular weight is 489 g/mol. The third-order valence-electron chi connectivity index (χ3n) is 7.62. The zero-order valence-electron chi connectivity index (χ0n) is 22.9. The SMILES string of the molecule is CCCCN/C(C)=C/C(=O)NC1CCC(CC2CCC(NC(=O)/C=C(\C)NCCCC)CC2)CC1. The molecule has 2 rings (SSSR count). The quantitative estimate of drug-likeness (QED) is 0.197. The number of carbonyl (C=O) groups is 2. The molecule has 0 heterocycles. The standard InChI is InChI=1S/C29H52N4O2/c1-5-7-17-30-22(3)19-28(34)32-26-13-9-24(10-14-26)21-25-11-15-27(16-12-25)33-29(35)20-23(4)31-18-8-6-2/h19-20,24-27,30-31H,5-18,21H2,1-4H3,(H,32,34)(H,33,35)/b22-19+,23-20+. The minimum absolute atomic E-state index is 0.0390. The lowest BCUT2D eigenvalue weighted by atomic mass is 9.75. The molecular weight excluding hydrogens is 436 g/mol. The van der Waals surface area contributed by atoms with Gasteiger partial charge in [-0.05, 0) is 96.3 Å². The monoisotopic (exact) mass is 488 g/mol. The van der Waals surface area contributed by atoms with Gasteiger partial charge in [0.2, 0.25) is 11.8 Å². The maximum Gasteiger partial charge on any atom is 0.245 e. The summed E-state index contributed by atoms with van der Waals surface area (Å²) in [5.41, 5.74) is 1.90. The first kappa shape index (κ1) is 29.3. The molecule has 2 aliphatic carbocycles. The fraction of sp³-hybridized carbons (Fsp3) is 0.793. The van der Waals surface area contributed by atoms with Crippen LogP contribution in [0.4, 0.5) is 0 Å². The van der Waals surface area contributed by atoms with Gasteiger partial charge in [-0.2, -0.15) is 0 Å². The first-order chi connectivity index (χ1) is 16.9. The van der Waals surface area contributed by atoms with Crippen LogP contribution in [0.3, 0.4) is 0 Å². The van der Waals surface area contributed by atoms with Gasteiger partial charge in [-0.3, -0.25) is 9.59 Å². The Morgan fingerprint density at radius 1 is 0.657 bits per heavy atom. The van der Waals surface area contributed by atoms with Gasteiger partial charge in [0.15, 0.2) is 0 Å². The summed E-state index contributed by atoms with van der Waals surface area (Å²) in [6.07, 6.45) is 18.5. The number of amides is 2. The Bertz CT molecular complexity index is 629. The van der Waals surface area contributed by atoms with Gasteiger partial charge < -0.3 is 21.3 Å². The van der Waals surface area contributed by atoms with Crippen molar-refractivity contribution in [1.82, 2.24) is 21.3 Å². The minimum atomic E-state index is 0.0390. The molecule has 0 aliphatic heterocycles. The first-order valence-electron chi connectivity index (χ1n) is 14.3. The number of allylic oxidation sites excluding steroid dienone is 2. The molecule has 0 radical (unpaired) electrons. The Morgan fingerprint density at radius 3 is 1.37 bits per heavy atom. The molecule has 2 saturated carbocycles. The Labute approximate surface area is 214 Å². The first-order valence-corrected chi connectivity index (χ1v) is 14.3. The highest BCUT2D eigenvalue weighted by Crippen LogP contribution is 2.35. The lowest BCUT2D eigenvalue weighted by Crippen LogP contribution is -2.38. The summed E-state index contributed by atoms with van der Waals surface area (Å²) >= 11 is 0. The van der Waals surface area contributed by atoms with E-state index in [2.05, 4.69) is 35.1 Å². The molecule has 200 valence electrons. The van der Waals surface area contributed by atoms with Gasteiger partial charge in [-0.1, -0.05) is 26.7 Å². The second kappa shape index (κ2) is 16.6. The Kier molecular flexibility index (Phi) is 13.9. The summed E-state index contributed by atoms with van der Waals surface area (Å²) in [7, 11) is 0. The maximum absolute atomic E-state index is 12.3. The average Bonchev–Trinajstić information content (AvgIpc) is 2.82. The van der Waals surface area contributed by atoms with Crippen molar-refractivity contribution in [2.24, 2.45) is 11.8 Å². The molecule has 0 aromatic heterocycles. The minimum Gasteiger partial charge on any atom is -0.388 e. The molecule has 0 saturated heterocycles. The van der Waals surface area contributed by atoms with Gasteiger partial charge in [0.1, 0.15) is 0 Å². The molecule has 0 spiro atoms. The molecular formula is C29H52N4O2. The highest BCUT2D eigenvalue weighted by Gasteiger charge is 2.27. The van der Waals surface area contributed by atoms with E-state index in [0.717, 1.165) is 87.7 Å². The van der Waals surface area contributed by atoms with Crippen LogP contribution >= 0.6 is 0 Å². The van der Waals surface area contributed by atoms with Gasteiger partial charge >= 0.3 is 0 Å². The number of nitrogens with one attached hydrogen (secondary N) is 4. The van der Waals surface area contributed by atoms with Crippen LogP contribution in [0.25, 0.3) is 0 Å². The van der Waals surface area contributed by atoms with Crippen molar-refractivity contribution in [2.75, 3.05) is 13.1 Å². The van der Waals surface area contributed by atoms with Crippen molar-refractivity contribution in [3.8, 4) is 0 Å². The van der Waals surface area contributed by atoms with E-state index >= 15 is 0 Å². The van der Waals surface area contributed by atoms with Gasteiger partial charge in [0.05, 0.1) is 0 Å². The number of unbranched alkanes of at least 4 members (excludes halogenated alkanes) is 2. The molecule has 2 amide bonds. The zero-order valence-corrected chi connectivity index (χ0v) is 22.9. The third-order valence-corrected chi connectivity index (χ3v) is 7.62. The molecule has 0 unspecified atom stereocenters. The second-order valence-corrected chi connectivity index (χ2v) is 10.9. The van der Waals surface area contributed by atoms with Crippen LogP contribution in [-0.2, 0) is 9.59 Å². The van der Waals surface area contributed by atoms with Gasteiger partial charge in [0, 0.05) is 48.7 Å². The maximum atomic E-state index is 12.3. The predicted octanol–water partition coefficient (Wildman–Crippen LogP) is 5.31. The molecule has 2 fully saturated rings. The zero-order chi connectivity index (χ0) is 25.5. The Morgan fingerprint density at radius 2 is 1.03 bits per heavy atom. The molecule has 0 aromatic carbocycles. The van der Waals surface area contributed by atoms with E-state index < -0.39 is 0 Å². The van der Waals surface area contributed by atoms with Crippen LogP contribution in [0.5, 0.6) is 0 Å². The number of rotatable bonds is 14. The molecule has 35 heavy (non-hydrogen) atoms. The highest BCUT2D eigenvalue weighted by molar-refractivity contribution is 5.88. The summed E-state index contributed by atoms with van der Waals surface area (Å²) in [5.74, 6) is 1.65.